The number of anilines is 2. The van der Waals surface area contributed by atoms with E-state index in [1.165, 1.54) is 0 Å². The van der Waals surface area contributed by atoms with Gasteiger partial charge in [0.05, 0.1) is 18.3 Å². The first kappa shape index (κ1) is 15.3. The van der Waals surface area contributed by atoms with E-state index in [9.17, 15) is 4.79 Å². The summed E-state index contributed by atoms with van der Waals surface area (Å²) < 4.78 is 6.31. The van der Waals surface area contributed by atoms with Crippen molar-refractivity contribution in [2.75, 3.05) is 31.2 Å². The fourth-order valence-electron chi connectivity index (χ4n) is 2.47. The van der Waals surface area contributed by atoms with Crippen LogP contribution in [0.25, 0.3) is 0 Å². The first-order valence-corrected chi connectivity index (χ1v) is 7.43. The Hall–Kier alpha value is -1.11. The van der Waals surface area contributed by atoms with Gasteiger partial charge in [-0.1, -0.05) is 0 Å². The van der Waals surface area contributed by atoms with E-state index in [0.29, 0.717) is 18.3 Å². The van der Waals surface area contributed by atoms with E-state index in [4.69, 9.17) is 10.5 Å². The highest BCUT2D eigenvalue weighted by atomic mass is 79.9. The Balaban J connectivity index is 1.92. The number of nitrogens with zero attached hydrogens (tertiary/aromatic N) is 1. The van der Waals surface area contributed by atoms with Gasteiger partial charge >= 0.3 is 0 Å². The van der Waals surface area contributed by atoms with E-state index < -0.39 is 0 Å². The summed E-state index contributed by atoms with van der Waals surface area (Å²) in [7, 11) is 1.95. The molecule has 1 saturated heterocycles. The van der Waals surface area contributed by atoms with Crippen molar-refractivity contribution in [1.82, 2.24) is 4.90 Å². The second-order valence-corrected chi connectivity index (χ2v) is 5.99. The van der Waals surface area contributed by atoms with Gasteiger partial charge in [0.1, 0.15) is 0 Å². The average molecular weight is 342 g/mol. The van der Waals surface area contributed by atoms with Crippen LogP contribution in [-0.4, -0.2) is 43.2 Å². The van der Waals surface area contributed by atoms with Crippen molar-refractivity contribution in [1.29, 1.82) is 0 Å². The zero-order valence-corrected chi connectivity index (χ0v) is 13.3. The van der Waals surface area contributed by atoms with Crippen LogP contribution in [-0.2, 0) is 9.53 Å². The van der Waals surface area contributed by atoms with Crippen molar-refractivity contribution in [2.24, 2.45) is 0 Å². The molecule has 1 fully saturated rings. The Morgan fingerprint density at radius 2 is 2.35 bits per heavy atom. The van der Waals surface area contributed by atoms with Gasteiger partial charge in [-0.15, -0.1) is 0 Å². The van der Waals surface area contributed by atoms with Gasteiger partial charge in [-0.2, -0.15) is 0 Å². The largest absolute Gasteiger partial charge is 0.399 e. The quantitative estimate of drug-likeness (QED) is 0.822. The van der Waals surface area contributed by atoms with Gasteiger partial charge in [0.25, 0.3) is 0 Å². The number of hydrogen-bond acceptors (Lipinski definition) is 4. The maximum atomic E-state index is 12.1. The molecule has 1 heterocycles. The van der Waals surface area contributed by atoms with Crippen LogP contribution in [0.3, 0.4) is 0 Å². The van der Waals surface area contributed by atoms with Gasteiger partial charge in [0.2, 0.25) is 5.91 Å². The van der Waals surface area contributed by atoms with Crippen molar-refractivity contribution in [3.8, 4) is 0 Å². The molecular weight excluding hydrogens is 322 g/mol. The van der Waals surface area contributed by atoms with E-state index in [0.717, 1.165) is 23.2 Å². The van der Waals surface area contributed by atoms with Crippen LogP contribution in [0.5, 0.6) is 0 Å². The van der Waals surface area contributed by atoms with Crippen molar-refractivity contribution in [3.63, 3.8) is 0 Å². The molecule has 3 N–H and O–H groups in total. The Kier molecular flexibility index (Phi) is 5.01. The highest BCUT2D eigenvalue weighted by Gasteiger charge is 2.28. The van der Waals surface area contributed by atoms with Crippen molar-refractivity contribution in [3.05, 3.63) is 22.7 Å². The lowest BCUT2D eigenvalue weighted by atomic mass is 10.1. The minimum absolute atomic E-state index is 0.0444. The lowest BCUT2D eigenvalue weighted by Gasteiger charge is -2.25. The summed E-state index contributed by atoms with van der Waals surface area (Å²) in [6, 6.07) is 5.62. The summed E-state index contributed by atoms with van der Waals surface area (Å²) in [6.45, 7) is 3.15. The number of halogens is 1. The molecule has 0 aliphatic carbocycles. The van der Waals surface area contributed by atoms with Gasteiger partial charge in [-0.3, -0.25) is 9.69 Å². The number of hydrogen-bond donors (Lipinski definition) is 2. The third-order valence-electron chi connectivity index (χ3n) is 3.56. The van der Waals surface area contributed by atoms with Gasteiger partial charge in [0, 0.05) is 22.8 Å². The molecule has 20 heavy (non-hydrogen) atoms. The zero-order chi connectivity index (χ0) is 14.7. The van der Waals surface area contributed by atoms with Gasteiger partial charge in [-0.25, -0.2) is 0 Å². The van der Waals surface area contributed by atoms with E-state index in [-0.39, 0.29) is 12.0 Å². The summed E-state index contributed by atoms with van der Waals surface area (Å²) in [4.78, 5) is 14.1. The Labute approximate surface area is 127 Å². The molecule has 0 bridgehead atoms. The maximum Gasteiger partial charge on any atom is 0.238 e. The molecule has 5 nitrogen and oxygen atoms in total. The number of nitrogens with two attached hydrogens (primary N) is 1. The van der Waals surface area contributed by atoms with E-state index in [1.807, 2.05) is 18.9 Å². The number of ether oxygens (including phenoxy) is 1. The van der Waals surface area contributed by atoms with Crippen molar-refractivity contribution < 1.29 is 9.53 Å². The van der Waals surface area contributed by atoms with Crippen molar-refractivity contribution >= 4 is 33.2 Å². The fourth-order valence-corrected chi connectivity index (χ4v) is 2.96. The molecule has 2 rings (SSSR count). The van der Waals surface area contributed by atoms with Crippen LogP contribution in [0.4, 0.5) is 11.4 Å². The number of nitrogen functional groups attached to an aromatic ring is 1. The predicted molar refractivity (Wildman–Crippen MR) is 83.6 cm³/mol. The minimum atomic E-state index is -0.0444. The minimum Gasteiger partial charge on any atom is -0.399 e. The smallest absolute Gasteiger partial charge is 0.238 e. The summed E-state index contributed by atoms with van der Waals surface area (Å²) in [5, 5.41) is 2.88. The Bertz CT molecular complexity index is 495. The van der Waals surface area contributed by atoms with Crippen LogP contribution in [0.15, 0.2) is 22.7 Å². The lowest BCUT2D eigenvalue weighted by Crippen LogP contribution is -2.41. The number of carbonyl (C=O) groups excluding carboxylic acids is 1. The SMILES string of the molecule is CC1OCCC1N(C)CC(=O)Nc1ccc(N)cc1Br. The molecule has 1 aliphatic rings. The van der Waals surface area contributed by atoms with Gasteiger partial charge < -0.3 is 15.8 Å². The molecule has 110 valence electrons. The molecule has 0 radical (unpaired) electrons. The molecule has 1 amide bonds. The number of benzene rings is 1. The van der Waals surface area contributed by atoms with Crippen molar-refractivity contribution in [2.45, 2.75) is 25.5 Å². The second kappa shape index (κ2) is 6.56. The molecule has 2 unspecified atom stereocenters. The fraction of sp³-hybridized carbons (Fsp3) is 0.500. The molecule has 0 spiro atoms. The highest BCUT2D eigenvalue weighted by molar-refractivity contribution is 9.10. The van der Waals surface area contributed by atoms with E-state index >= 15 is 0 Å². The molecule has 6 heteroatoms. The summed E-state index contributed by atoms with van der Waals surface area (Å²) >= 11 is 3.39. The first-order chi connectivity index (χ1) is 9.47. The van der Waals surface area contributed by atoms with E-state index in [2.05, 4.69) is 21.2 Å². The second-order valence-electron chi connectivity index (χ2n) is 5.13. The molecular formula is C14H20BrN3O2. The number of rotatable bonds is 4. The number of likely N-dealkylation sites (N-methyl/N-ethyl adjacent to an activating group) is 1. The molecule has 0 saturated carbocycles. The van der Waals surface area contributed by atoms with Crippen LogP contribution in [0, 0.1) is 0 Å². The summed E-state index contributed by atoms with van der Waals surface area (Å²) in [6.07, 6.45) is 1.15. The van der Waals surface area contributed by atoms with Crippen LogP contribution in [0.2, 0.25) is 0 Å². The van der Waals surface area contributed by atoms with Crippen LogP contribution < -0.4 is 11.1 Å². The van der Waals surface area contributed by atoms with Gasteiger partial charge in [-0.05, 0) is 54.5 Å². The topological polar surface area (TPSA) is 67.6 Å². The average Bonchev–Trinajstić information content (AvgIpc) is 2.79. The first-order valence-electron chi connectivity index (χ1n) is 6.64. The van der Waals surface area contributed by atoms with Gasteiger partial charge in [0.15, 0.2) is 0 Å². The lowest BCUT2D eigenvalue weighted by molar-refractivity contribution is -0.117. The summed E-state index contributed by atoms with van der Waals surface area (Å²) in [5.41, 5.74) is 7.06. The molecule has 2 atom stereocenters. The Morgan fingerprint density at radius 3 is 2.95 bits per heavy atom. The standard InChI is InChI=1S/C14H20BrN3O2/c1-9-13(5-6-20-9)18(2)8-14(19)17-12-4-3-10(16)7-11(12)15/h3-4,7,9,13H,5-6,8,16H2,1-2H3,(H,17,19). The number of amides is 1. The van der Waals surface area contributed by atoms with E-state index in [1.54, 1.807) is 18.2 Å². The molecule has 1 aromatic carbocycles. The monoisotopic (exact) mass is 341 g/mol. The molecule has 1 aliphatic heterocycles. The molecule has 1 aromatic rings. The third-order valence-corrected chi connectivity index (χ3v) is 4.22. The Morgan fingerprint density at radius 1 is 1.60 bits per heavy atom. The number of carbonyl (C=O) groups is 1. The highest BCUT2D eigenvalue weighted by Crippen LogP contribution is 2.24. The maximum absolute atomic E-state index is 12.1. The summed E-state index contributed by atoms with van der Waals surface area (Å²) in [5.74, 6) is -0.0444. The van der Waals surface area contributed by atoms with Crippen LogP contribution >= 0.6 is 15.9 Å². The van der Waals surface area contributed by atoms with Crippen LogP contribution in [0.1, 0.15) is 13.3 Å². The predicted octanol–water partition coefficient (Wildman–Crippen LogP) is 2.08. The molecule has 0 aromatic heterocycles. The number of nitrogens with one attached hydrogen (secondary N) is 1. The zero-order valence-electron chi connectivity index (χ0n) is 11.7. The third kappa shape index (κ3) is 3.71. The normalized spacial score (nSPS) is 22.2.